The lowest BCUT2D eigenvalue weighted by atomic mass is 10.1. The summed E-state index contributed by atoms with van der Waals surface area (Å²) in [5, 5.41) is 4.50. The lowest BCUT2D eigenvalue weighted by Crippen LogP contribution is -2.33. The Morgan fingerprint density at radius 1 is 1.03 bits per heavy atom. The van der Waals surface area contributed by atoms with Gasteiger partial charge in [-0.25, -0.2) is 9.59 Å². The highest BCUT2D eigenvalue weighted by atomic mass is 16.8. The Hall–Kier alpha value is -2.84. The summed E-state index contributed by atoms with van der Waals surface area (Å²) in [5.74, 6) is -0.201. The van der Waals surface area contributed by atoms with Crippen molar-refractivity contribution < 1.29 is 33.3 Å². The standard InChI is InChI=1S/C23H31NO7/c1-23(2,3)31-21(26)24-12-8-9-13-29-22(28-5)30-19-15-17-11-7-6-10-16(17)14-18(19)20(25)27-4/h6-7,10-11,14-15,22H,8-9,12-13H2,1-5H3,(H,24,26). The van der Waals surface area contributed by atoms with E-state index in [2.05, 4.69) is 5.32 Å². The second-order valence-electron chi connectivity index (χ2n) is 7.84. The lowest BCUT2D eigenvalue weighted by molar-refractivity contribution is -0.233. The third-order valence-corrected chi connectivity index (χ3v) is 4.16. The Morgan fingerprint density at radius 3 is 2.32 bits per heavy atom. The first-order valence-corrected chi connectivity index (χ1v) is 10.1. The van der Waals surface area contributed by atoms with E-state index in [1.165, 1.54) is 14.2 Å². The van der Waals surface area contributed by atoms with E-state index in [4.69, 9.17) is 23.7 Å². The van der Waals surface area contributed by atoms with Crippen LogP contribution in [-0.4, -0.2) is 51.5 Å². The van der Waals surface area contributed by atoms with Crippen molar-refractivity contribution in [3.8, 4) is 5.75 Å². The molecule has 0 aliphatic rings. The molecule has 0 radical (unpaired) electrons. The molecule has 0 aliphatic carbocycles. The Labute approximate surface area is 182 Å². The van der Waals surface area contributed by atoms with E-state index in [0.717, 1.165) is 10.8 Å². The summed E-state index contributed by atoms with van der Waals surface area (Å²) in [7, 11) is 2.77. The third kappa shape index (κ3) is 8.07. The zero-order chi connectivity index (χ0) is 22.9. The molecule has 0 bridgehead atoms. The smallest absolute Gasteiger partial charge is 0.407 e. The van der Waals surface area contributed by atoms with Crippen molar-refractivity contribution in [2.24, 2.45) is 0 Å². The molecule has 1 unspecified atom stereocenters. The van der Waals surface area contributed by atoms with Gasteiger partial charge in [0.1, 0.15) is 16.9 Å². The molecule has 2 aromatic carbocycles. The van der Waals surface area contributed by atoms with Crippen LogP contribution < -0.4 is 10.1 Å². The third-order valence-electron chi connectivity index (χ3n) is 4.16. The number of carbonyl (C=O) groups is 2. The van der Waals surface area contributed by atoms with Gasteiger partial charge in [0, 0.05) is 13.7 Å². The quantitative estimate of drug-likeness (QED) is 0.340. The number of rotatable bonds is 10. The summed E-state index contributed by atoms with van der Waals surface area (Å²) in [5.41, 5.74) is -0.240. The maximum absolute atomic E-state index is 12.2. The minimum atomic E-state index is -0.997. The summed E-state index contributed by atoms with van der Waals surface area (Å²) in [6.07, 6.45) is 0.915. The molecule has 170 valence electrons. The van der Waals surface area contributed by atoms with E-state index >= 15 is 0 Å². The Balaban J connectivity index is 1.88. The van der Waals surface area contributed by atoms with E-state index in [-0.39, 0.29) is 5.56 Å². The van der Waals surface area contributed by atoms with E-state index in [1.807, 2.05) is 45.0 Å². The first-order chi connectivity index (χ1) is 14.7. The molecule has 0 aliphatic heterocycles. The van der Waals surface area contributed by atoms with Gasteiger partial charge in [-0.3, -0.25) is 0 Å². The second-order valence-corrected chi connectivity index (χ2v) is 7.84. The molecule has 1 amide bonds. The maximum Gasteiger partial charge on any atom is 0.407 e. The molecule has 8 nitrogen and oxygen atoms in total. The molecule has 0 saturated heterocycles. The molecule has 1 N–H and O–H groups in total. The number of hydrogen-bond acceptors (Lipinski definition) is 7. The highest BCUT2D eigenvalue weighted by Gasteiger charge is 2.19. The molecular formula is C23H31NO7. The van der Waals surface area contributed by atoms with E-state index in [9.17, 15) is 9.59 Å². The number of unbranched alkanes of at least 4 members (excludes halogenated alkanes) is 1. The van der Waals surface area contributed by atoms with Crippen LogP contribution in [0.1, 0.15) is 44.0 Å². The van der Waals surface area contributed by atoms with Crippen molar-refractivity contribution in [2.75, 3.05) is 27.4 Å². The second kappa shape index (κ2) is 11.5. The number of nitrogens with one attached hydrogen (secondary N) is 1. The number of alkyl carbamates (subject to hydrolysis) is 1. The molecule has 0 fully saturated rings. The SMILES string of the molecule is COC(=O)c1cc2ccccc2cc1OC(OC)OCCCCNC(=O)OC(C)(C)C. The topological polar surface area (TPSA) is 92.3 Å². The first-order valence-electron chi connectivity index (χ1n) is 10.1. The van der Waals surface area contributed by atoms with Crippen LogP contribution in [-0.2, 0) is 18.9 Å². The molecule has 0 heterocycles. The van der Waals surface area contributed by atoms with Crippen molar-refractivity contribution in [1.82, 2.24) is 5.32 Å². The molecule has 0 spiro atoms. The molecule has 1 atom stereocenters. The van der Waals surface area contributed by atoms with Crippen LogP contribution in [0.5, 0.6) is 5.75 Å². The predicted octanol–water partition coefficient (Wildman–Crippen LogP) is 4.26. The predicted molar refractivity (Wildman–Crippen MR) is 116 cm³/mol. The van der Waals surface area contributed by atoms with Gasteiger partial charge in [0.15, 0.2) is 0 Å². The Morgan fingerprint density at radius 2 is 1.71 bits per heavy atom. The zero-order valence-corrected chi connectivity index (χ0v) is 18.7. The van der Waals surface area contributed by atoms with Crippen LogP contribution in [0.2, 0.25) is 0 Å². The fourth-order valence-corrected chi connectivity index (χ4v) is 2.75. The largest absolute Gasteiger partial charge is 0.465 e. The molecule has 8 heteroatoms. The van der Waals surface area contributed by atoms with Crippen LogP contribution in [0.25, 0.3) is 10.8 Å². The fourth-order valence-electron chi connectivity index (χ4n) is 2.75. The number of amides is 1. The van der Waals surface area contributed by atoms with Gasteiger partial charge in [0.05, 0.1) is 13.7 Å². The van der Waals surface area contributed by atoms with Crippen molar-refractivity contribution in [3.63, 3.8) is 0 Å². The normalized spacial score (nSPS) is 12.3. The van der Waals surface area contributed by atoms with E-state index in [1.54, 1.807) is 12.1 Å². The number of ether oxygens (including phenoxy) is 5. The summed E-state index contributed by atoms with van der Waals surface area (Å²) < 4.78 is 26.7. The van der Waals surface area contributed by atoms with Gasteiger partial charge < -0.3 is 29.0 Å². The highest BCUT2D eigenvalue weighted by Crippen LogP contribution is 2.28. The van der Waals surface area contributed by atoms with Gasteiger partial charge >= 0.3 is 18.5 Å². The van der Waals surface area contributed by atoms with Gasteiger partial charge in [0.2, 0.25) is 0 Å². The average Bonchev–Trinajstić information content (AvgIpc) is 2.72. The van der Waals surface area contributed by atoms with Gasteiger partial charge in [0.25, 0.3) is 0 Å². The van der Waals surface area contributed by atoms with E-state index < -0.39 is 24.1 Å². The van der Waals surface area contributed by atoms with Crippen molar-refractivity contribution >= 4 is 22.8 Å². The number of methoxy groups -OCH3 is 2. The van der Waals surface area contributed by atoms with Crippen molar-refractivity contribution in [2.45, 2.75) is 45.7 Å². The number of hydrogen-bond donors (Lipinski definition) is 1. The molecule has 0 saturated carbocycles. The summed E-state index contributed by atoms with van der Waals surface area (Å²) in [6, 6.07) is 11.1. The monoisotopic (exact) mass is 433 g/mol. The molecule has 0 aromatic heterocycles. The van der Waals surface area contributed by atoms with Gasteiger partial charge in [-0.15, -0.1) is 0 Å². The summed E-state index contributed by atoms with van der Waals surface area (Å²) in [4.78, 5) is 23.8. The van der Waals surface area contributed by atoms with Crippen molar-refractivity contribution in [3.05, 3.63) is 42.0 Å². The minimum Gasteiger partial charge on any atom is -0.465 e. The number of fused-ring (bicyclic) bond motifs is 1. The number of esters is 1. The summed E-state index contributed by atoms with van der Waals surface area (Å²) >= 11 is 0. The van der Waals surface area contributed by atoms with Gasteiger partial charge in [-0.05, 0) is 56.5 Å². The van der Waals surface area contributed by atoms with Crippen LogP contribution >= 0.6 is 0 Å². The lowest BCUT2D eigenvalue weighted by Gasteiger charge is -2.20. The fraction of sp³-hybridized carbons (Fsp3) is 0.478. The highest BCUT2D eigenvalue weighted by molar-refractivity contribution is 5.98. The molecule has 2 aromatic rings. The minimum absolute atomic E-state index is 0.286. The summed E-state index contributed by atoms with van der Waals surface area (Å²) in [6.45, 7) is 5.25. The van der Waals surface area contributed by atoms with Gasteiger partial charge in [-0.2, -0.15) is 0 Å². The Bertz CT molecular complexity index is 876. The van der Waals surface area contributed by atoms with Gasteiger partial charge in [-0.1, -0.05) is 24.3 Å². The zero-order valence-electron chi connectivity index (χ0n) is 18.7. The van der Waals surface area contributed by atoms with Crippen LogP contribution in [0.4, 0.5) is 4.79 Å². The van der Waals surface area contributed by atoms with Crippen LogP contribution in [0.3, 0.4) is 0 Å². The maximum atomic E-state index is 12.2. The van der Waals surface area contributed by atoms with E-state index in [0.29, 0.717) is 31.7 Å². The first kappa shape index (κ1) is 24.4. The molecule has 2 rings (SSSR count). The molecular weight excluding hydrogens is 402 g/mol. The average molecular weight is 434 g/mol. The van der Waals surface area contributed by atoms with Crippen LogP contribution in [0, 0.1) is 0 Å². The van der Waals surface area contributed by atoms with Crippen LogP contribution in [0.15, 0.2) is 36.4 Å². The molecule has 31 heavy (non-hydrogen) atoms. The Kier molecular flexibility index (Phi) is 9.08. The number of benzene rings is 2. The number of carbonyl (C=O) groups excluding carboxylic acids is 2. The van der Waals surface area contributed by atoms with Crippen molar-refractivity contribution in [1.29, 1.82) is 0 Å².